The highest BCUT2D eigenvalue weighted by molar-refractivity contribution is 5.72. The number of rotatable bonds is 6. The number of hydrogen-bond donors (Lipinski definition) is 1. The monoisotopic (exact) mass is 178 g/mol. The second-order valence-corrected chi connectivity index (χ2v) is 2.48. The Bertz CT molecular complexity index is 159. The Morgan fingerprint density at radius 1 is 1.58 bits per heavy atom. The first kappa shape index (κ1) is 11.1. The molecule has 0 spiro atoms. The minimum atomic E-state index is -2.39. The first-order valence-corrected chi connectivity index (χ1v) is 3.71. The molecule has 4 heteroatoms. The number of carboxylic acids is 1. The predicted molar refractivity (Wildman–Crippen MR) is 41.5 cm³/mol. The van der Waals surface area contributed by atoms with Crippen molar-refractivity contribution in [3.63, 3.8) is 0 Å². The summed E-state index contributed by atoms with van der Waals surface area (Å²) in [6, 6.07) is 0. The normalized spacial score (nSPS) is 15.2. The lowest BCUT2D eigenvalue weighted by Crippen LogP contribution is -2.26. The van der Waals surface area contributed by atoms with Crippen LogP contribution in [0.3, 0.4) is 0 Å². The minimum Gasteiger partial charge on any atom is -0.479 e. The van der Waals surface area contributed by atoms with Gasteiger partial charge in [0.1, 0.15) is 6.17 Å². The van der Waals surface area contributed by atoms with E-state index in [1.807, 2.05) is 0 Å². The zero-order valence-corrected chi connectivity index (χ0v) is 6.67. The van der Waals surface area contributed by atoms with Crippen LogP contribution in [-0.2, 0) is 4.79 Å². The molecule has 0 fully saturated rings. The second kappa shape index (κ2) is 5.69. The van der Waals surface area contributed by atoms with Crippen LogP contribution in [0.2, 0.25) is 0 Å². The van der Waals surface area contributed by atoms with Gasteiger partial charge in [-0.05, 0) is 19.3 Å². The van der Waals surface area contributed by atoms with Crippen LogP contribution < -0.4 is 0 Å². The minimum absolute atomic E-state index is 0.0700. The van der Waals surface area contributed by atoms with E-state index in [9.17, 15) is 13.6 Å². The van der Waals surface area contributed by atoms with Crippen LogP contribution in [0.15, 0.2) is 12.7 Å². The van der Waals surface area contributed by atoms with E-state index in [2.05, 4.69) is 6.58 Å². The lowest BCUT2D eigenvalue weighted by Gasteiger charge is -2.07. The van der Waals surface area contributed by atoms with Gasteiger partial charge in [0.2, 0.25) is 6.17 Å². The number of aliphatic carboxylic acids is 1. The molecule has 0 rings (SSSR count). The van der Waals surface area contributed by atoms with E-state index in [4.69, 9.17) is 5.11 Å². The molecule has 0 aliphatic heterocycles. The van der Waals surface area contributed by atoms with Gasteiger partial charge >= 0.3 is 5.97 Å². The van der Waals surface area contributed by atoms with Gasteiger partial charge in [0.25, 0.3) is 0 Å². The molecule has 1 N–H and O–H groups in total. The first-order chi connectivity index (χ1) is 5.59. The van der Waals surface area contributed by atoms with Crippen molar-refractivity contribution in [3.8, 4) is 0 Å². The van der Waals surface area contributed by atoms with Crippen LogP contribution in [0.25, 0.3) is 0 Å². The van der Waals surface area contributed by atoms with Crippen LogP contribution >= 0.6 is 0 Å². The molecule has 2 atom stereocenters. The van der Waals surface area contributed by atoms with E-state index < -0.39 is 18.3 Å². The molecule has 0 aromatic heterocycles. The smallest absolute Gasteiger partial charge is 0.341 e. The van der Waals surface area contributed by atoms with Gasteiger partial charge in [-0.15, -0.1) is 6.58 Å². The highest BCUT2D eigenvalue weighted by Gasteiger charge is 2.26. The van der Waals surface area contributed by atoms with E-state index in [1.165, 1.54) is 0 Å². The molecule has 0 saturated heterocycles. The van der Waals surface area contributed by atoms with Gasteiger partial charge in [-0.3, -0.25) is 0 Å². The summed E-state index contributed by atoms with van der Waals surface area (Å²) in [6.45, 7) is 3.40. The summed E-state index contributed by atoms with van der Waals surface area (Å²) >= 11 is 0. The van der Waals surface area contributed by atoms with Crippen LogP contribution in [0.1, 0.15) is 19.3 Å². The standard InChI is InChI=1S/C8H12F2O2/c1-2-3-4-5-6(9)7(10)8(11)12/h2,6-7H,1,3-5H2,(H,11,12). The summed E-state index contributed by atoms with van der Waals surface area (Å²) in [5, 5.41) is 8.07. The Morgan fingerprint density at radius 3 is 2.58 bits per heavy atom. The molecule has 0 aliphatic carbocycles. The zero-order valence-electron chi connectivity index (χ0n) is 6.67. The van der Waals surface area contributed by atoms with Crippen molar-refractivity contribution in [2.45, 2.75) is 31.6 Å². The lowest BCUT2D eigenvalue weighted by atomic mass is 10.1. The molecular formula is C8H12F2O2. The molecule has 0 saturated carbocycles. The Kier molecular flexibility index (Phi) is 5.25. The molecule has 12 heavy (non-hydrogen) atoms. The molecular weight excluding hydrogens is 166 g/mol. The second-order valence-electron chi connectivity index (χ2n) is 2.48. The topological polar surface area (TPSA) is 37.3 Å². The van der Waals surface area contributed by atoms with E-state index in [-0.39, 0.29) is 6.42 Å². The third-order valence-electron chi connectivity index (χ3n) is 1.44. The van der Waals surface area contributed by atoms with Crippen molar-refractivity contribution in [3.05, 3.63) is 12.7 Å². The van der Waals surface area contributed by atoms with E-state index in [0.717, 1.165) is 0 Å². The Balaban J connectivity index is 3.63. The largest absolute Gasteiger partial charge is 0.479 e. The number of alkyl halides is 2. The average Bonchev–Trinajstić information content (AvgIpc) is 2.03. The fourth-order valence-electron chi connectivity index (χ4n) is 0.758. The van der Waals surface area contributed by atoms with E-state index in [1.54, 1.807) is 6.08 Å². The van der Waals surface area contributed by atoms with Gasteiger partial charge < -0.3 is 5.11 Å². The fraction of sp³-hybridized carbons (Fsp3) is 0.625. The fourth-order valence-corrected chi connectivity index (χ4v) is 0.758. The molecule has 2 nitrogen and oxygen atoms in total. The molecule has 2 unspecified atom stereocenters. The molecule has 0 aromatic rings. The molecule has 0 aromatic carbocycles. The number of carbonyl (C=O) groups is 1. The molecule has 0 amide bonds. The predicted octanol–water partition coefficient (Wildman–Crippen LogP) is 2.10. The summed E-state index contributed by atoms with van der Waals surface area (Å²) in [4.78, 5) is 9.94. The number of unbranched alkanes of at least 4 members (excludes halogenated alkanes) is 1. The maximum Gasteiger partial charge on any atom is 0.341 e. The van der Waals surface area contributed by atoms with Gasteiger partial charge in [0.05, 0.1) is 0 Å². The quantitative estimate of drug-likeness (QED) is 0.499. The maximum atomic E-state index is 12.6. The lowest BCUT2D eigenvalue weighted by molar-refractivity contribution is -0.145. The van der Waals surface area contributed by atoms with Crippen molar-refractivity contribution in [1.29, 1.82) is 0 Å². The van der Waals surface area contributed by atoms with Crippen molar-refractivity contribution in [2.24, 2.45) is 0 Å². The maximum absolute atomic E-state index is 12.6. The summed E-state index contributed by atoms with van der Waals surface area (Å²) in [5.74, 6) is -1.74. The summed E-state index contributed by atoms with van der Waals surface area (Å²) in [5.41, 5.74) is 0. The highest BCUT2D eigenvalue weighted by Crippen LogP contribution is 2.12. The molecule has 0 heterocycles. The molecule has 0 aliphatic rings. The molecule has 0 radical (unpaired) electrons. The third-order valence-corrected chi connectivity index (χ3v) is 1.44. The summed E-state index contributed by atoms with van der Waals surface area (Å²) in [7, 11) is 0. The van der Waals surface area contributed by atoms with Gasteiger partial charge in [0, 0.05) is 0 Å². The van der Waals surface area contributed by atoms with Crippen molar-refractivity contribution in [1.82, 2.24) is 0 Å². The zero-order chi connectivity index (χ0) is 9.56. The SMILES string of the molecule is C=CCCCC(F)C(F)C(=O)O. The molecule has 0 bridgehead atoms. The Morgan fingerprint density at radius 2 is 2.17 bits per heavy atom. The summed E-state index contributed by atoms with van der Waals surface area (Å²) in [6.07, 6.45) is -1.78. The van der Waals surface area contributed by atoms with Crippen molar-refractivity contribution in [2.75, 3.05) is 0 Å². The average molecular weight is 178 g/mol. The van der Waals surface area contributed by atoms with Crippen LogP contribution in [-0.4, -0.2) is 23.4 Å². The molecule has 70 valence electrons. The third kappa shape index (κ3) is 4.05. The van der Waals surface area contributed by atoms with Crippen LogP contribution in [0.5, 0.6) is 0 Å². The van der Waals surface area contributed by atoms with Gasteiger partial charge in [-0.1, -0.05) is 6.08 Å². The van der Waals surface area contributed by atoms with Crippen LogP contribution in [0, 0.1) is 0 Å². The van der Waals surface area contributed by atoms with Crippen molar-refractivity contribution < 1.29 is 18.7 Å². The number of hydrogen-bond acceptors (Lipinski definition) is 1. The number of allylic oxidation sites excluding steroid dienone is 1. The van der Waals surface area contributed by atoms with E-state index in [0.29, 0.717) is 12.8 Å². The van der Waals surface area contributed by atoms with Gasteiger partial charge in [0.15, 0.2) is 0 Å². The first-order valence-electron chi connectivity index (χ1n) is 3.71. The Labute approximate surface area is 69.9 Å². The van der Waals surface area contributed by atoms with Gasteiger partial charge in [-0.25, -0.2) is 13.6 Å². The van der Waals surface area contributed by atoms with Crippen LogP contribution in [0.4, 0.5) is 8.78 Å². The summed E-state index contributed by atoms with van der Waals surface area (Å²) < 4.78 is 24.9. The Hall–Kier alpha value is -0.930. The van der Waals surface area contributed by atoms with E-state index >= 15 is 0 Å². The van der Waals surface area contributed by atoms with Crippen molar-refractivity contribution >= 4 is 5.97 Å². The number of carboxylic acid groups (broad SMARTS) is 1. The van der Waals surface area contributed by atoms with Gasteiger partial charge in [-0.2, -0.15) is 0 Å². The highest BCUT2D eigenvalue weighted by atomic mass is 19.2. The number of halogens is 2.